The van der Waals surface area contributed by atoms with Crippen LogP contribution in [0.25, 0.3) is 0 Å². The van der Waals surface area contributed by atoms with Crippen molar-refractivity contribution in [3.8, 4) is 0 Å². The monoisotopic (exact) mass is 321 g/mol. The van der Waals surface area contributed by atoms with E-state index >= 15 is 0 Å². The van der Waals surface area contributed by atoms with Crippen molar-refractivity contribution in [2.75, 3.05) is 6.54 Å². The Kier molecular flexibility index (Phi) is 3.59. The van der Waals surface area contributed by atoms with E-state index < -0.39 is 21.3 Å². The molecule has 1 aromatic rings. The fourth-order valence-electron chi connectivity index (χ4n) is 3.18. The molecule has 1 aliphatic heterocycles. The highest BCUT2D eigenvalue weighted by Gasteiger charge is 2.68. The molecule has 0 N–H and O–H groups in total. The number of carbonyl (C=O) groups is 1. The molecule has 0 radical (unpaired) electrons. The molecule has 2 fully saturated rings. The van der Waals surface area contributed by atoms with E-state index in [0.717, 1.165) is 23.3 Å². The van der Waals surface area contributed by atoms with E-state index in [1.54, 1.807) is 4.90 Å². The number of fused-ring (bicyclic) bond motifs is 1. The third-order valence-electron chi connectivity index (χ3n) is 4.34. The van der Waals surface area contributed by atoms with Crippen LogP contribution in [0.15, 0.2) is 29.2 Å². The summed E-state index contributed by atoms with van der Waals surface area (Å²) in [5.41, 5.74) is 0.609. The fraction of sp³-hybridized carbons (Fsp3) is 0.588. The smallest absolute Gasteiger partial charge is 0.411 e. The molecule has 0 aromatic heterocycles. The average Bonchev–Trinajstić information content (AvgIpc) is 3.03. The zero-order chi connectivity index (χ0) is 16.1. The van der Waals surface area contributed by atoms with Crippen LogP contribution >= 0.6 is 0 Å². The molecule has 0 spiro atoms. The molecule has 3 atom stereocenters. The number of hydrogen-bond donors (Lipinski definition) is 0. The Morgan fingerprint density at radius 1 is 1.32 bits per heavy atom. The summed E-state index contributed by atoms with van der Waals surface area (Å²) in [7, 11) is -1.21. The van der Waals surface area contributed by atoms with Gasteiger partial charge in [-0.05, 0) is 58.6 Å². The number of hydrogen-bond acceptors (Lipinski definition) is 3. The fourth-order valence-corrected chi connectivity index (χ4v) is 5.11. The molecule has 3 rings (SSSR count). The van der Waals surface area contributed by atoms with Crippen molar-refractivity contribution in [2.45, 2.75) is 55.9 Å². The maximum absolute atomic E-state index is 13.1. The van der Waals surface area contributed by atoms with Crippen LogP contribution in [0.2, 0.25) is 0 Å². The Morgan fingerprint density at radius 2 is 1.95 bits per heavy atom. The second-order valence-corrected chi connectivity index (χ2v) is 8.96. The lowest BCUT2D eigenvalue weighted by atomic mass is 10.2. The molecule has 1 aliphatic carbocycles. The SMILES string of the molecule is Cc1ccc(S(=O)[C@@]23C[C@@H]2CCN3C(=O)OC(C)(C)C)cc1. The molecule has 4 nitrogen and oxygen atoms in total. The van der Waals surface area contributed by atoms with Gasteiger partial charge in [-0.15, -0.1) is 0 Å². The van der Waals surface area contributed by atoms with Crippen molar-refractivity contribution in [1.29, 1.82) is 0 Å². The number of rotatable bonds is 2. The zero-order valence-corrected chi connectivity index (χ0v) is 14.4. The van der Waals surface area contributed by atoms with Crippen LogP contribution in [0.3, 0.4) is 0 Å². The molecule has 2 aliphatic rings. The van der Waals surface area contributed by atoms with Crippen LogP contribution in [-0.2, 0) is 15.5 Å². The lowest BCUT2D eigenvalue weighted by Crippen LogP contribution is -2.45. The van der Waals surface area contributed by atoms with Crippen molar-refractivity contribution < 1.29 is 13.7 Å². The van der Waals surface area contributed by atoms with Crippen LogP contribution in [0, 0.1) is 12.8 Å². The van der Waals surface area contributed by atoms with Gasteiger partial charge in [-0.25, -0.2) is 4.79 Å². The minimum absolute atomic E-state index is 0.335. The number of amides is 1. The third-order valence-corrected chi connectivity index (χ3v) is 6.41. The number of nitrogens with zero attached hydrogens (tertiary/aromatic N) is 1. The minimum Gasteiger partial charge on any atom is -0.444 e. The molecule has 1 saturated heterocycles. The van der Waals surface area contributed by atoms with Gasteiger partial charge in [0.25, 0.3) is 0 Å². The number of ether oxygens (including phenoxy) is 1. The number of piperidine rings is 1. The predicted octanol–water partition coefficient (Wildman–Crippen LogP) is 3.46. The first-order valence-corrected chi connectivity index (χ1v) is 8.88. The highest BCUT2D eigenvalue weighted by Crippen LogP contribution is 2.59. The highest BCUT2D eigenvalue weighted by atomic mass is 32.2. The van der Waals surface area contributed by atoms with Gasteiger partial charge in [-0.1, -0.05) is 17.7 Å². The van der Waals surface area contributed by atoms with Gasteiger partial charge in [0.1, 0.15) is 10.5 Å². The van der Waals surface area contributed by atoms with Crippen LogP contribution < -0.4 is 0 Å². The van der Waals surface area contributed by atoms with Crippen molar-refractivity contribution in [3.05, 3.63) is 29.8 Å². The molecule has 1 saturated carbocycles. The van der Waals surface area contributed by atoms with E-state index in [9.17, 15) is 9.00 Å². The van der Waals surface area contributed by atoms with Gasteiger partial charge in [0.2, 0.25) is 0 Å². The molecule has 1 unspecified atom stereocenters. The van der Waals surface area contributed by atoms with Gasteiger partial charge < -0.3 is 4.74 Å². The first kappa shape index (κ1) is 15.5. The second-order valence-electron chi connectivity index (χ2n) is 7.25. The molecular formula is C17H23NO3S. The van der Waals surface area contributed by atoms with E-state index in [1.165, 1.54) is 0 Å². The van der Waals surface area contributed by atoms with Gasteiger partial charge in [0.05, 0.1) is 10.8 Å². The number of benzene rings is 1. The largest absolute Gasteiger partial charge is 0.444 e. The highest BCUT2D eigenvalue weighted by molar-refractivity contribution is 7.86. The maximum atomic E-state index is 13.1. The molecule has 1 amide bonds. The van der Waals surface area contributed by atoms with Crippen LogP contribution in [0.5, 0.6) is 0 Å². The summed E-state index contributed by atoms with van der Waals surface area (Å²) >= 11 is 0. The van der Waals surface area contributed by atoms with Gasteiger partial charge in [-0.3, -0.25) is 9.11 Å². The van der Waals surface area contributed by atoms with E-state index in [0.29, 0.717) is 12.5 Å². The van der Waals surface area contributed by atoms with Crippen LogP contribution in [0.4, 0.5) is 4.79 Å². The Balaban J connectivity index is 1.84. The molecule has 120 valence electrons. The average molecular weight is 321 g/mol. The summed E-state index contributed by atoms with van der Waals surface area (Å²) in [5, 5.41) is 0. The number of aryl methyl sites for hydroxylation is 1. The van der Waals surface area contributed by atoms with Gasteiger partial charge in [0.15, 0.2) is 0 Å². The molecule has 22 heavy (non-hydrogen) atoms. The summed E-state index contributed by atoms with van der Waals surface area (Å²) in [6, 6.07) is 7.74. The Morgan fingerprint density at radius 3 is 2.50 bits per heavy atom. The summed E-state index contributed by atoms with van der Waals surface area (Å²) in [6.45, 7) is 8.21. The second kappa shape index (κ2) is 5.08. The van der Waals surface area contributed by atoms with E-state index in [1.807, 2.05) is 52.0 Å². The topological polar surface area (TPSA) is 46.6 Å². The van der Waals surface area contributed by atoms with E-state index in [2.05, 4.69) is 0 Å². The maximum Gasteiger partial charge on any atom is 0.411 e. The molecule has 1 heterocycles. The van der Waals surface area contributed by atoms with Crippen LogP contribution in [0.1, 0.15) is 39.2 Å². The summed E-state index contributed by atoms with van der Waals surface area (Å²) in [5.74, 6) is 0.335. The summed E-state index contributed by atoms with van der Waals surface area (Å²) in [4.78, 5) is 14.4. The first-order valence-electron chi connectivity index (χ1n) is 7.73. The standard InChI is InChI=1S/C17H23NO3S/c1-12-5-7-14(8-6-12)22(20)17-11-13(17)9-10-18(17)15(19)21-16(2,3)4/h5-8,13H,9-11H2,1-4H3/t13-,17-,22?/m0/s1. The van der Waals surface area contributed by atoms with Crippen molar-refractivity contribution >= 4 is 16.9 Å². The number of likely N-dealkylation sites (tertiary alicyclic amines) is 1. The van der Waals surface area contributed by atoms with Gasteiger partial charge in [-0.2, -0.15) is 0 Å². The lowest BCUT2D eigenvalue weighted by Gasteiger charge is -2.30. The molecule has 5 heteroatoms. The quantitative estimate of drug-likeness (QED) is 0.838. The van der Waals surface area contributed by atoms with E-state index in [-0.39, 0.29) is 6.09 Å². The van der Waals surface area contributed by atoms with Crippen molar-refractivity contribution in [3.63, 3.8) is 0 Å². The van der Waals surface area contributed by atoms with Gasteiger partial charge >= 0.3 is 6.09 Å². The minimum atomic E-state index is -1.21. The Labute approximate surface area is 134 Å². The molecule has 1 aromatic carbocycles. The number of carbonyl (C=O) groups excluding carboxylic acids is 1. The lowest BCUT2D eigenvalue weighted by molar-refractivity contribution is 0.0240. The van der Waals surface area contributed by atoms with Crippen LogP contribution in [-0.4, -0.2) is 32.2 Å². The summed E-state index contributed by atoms with van der Waals surface area (Å²) in [6.07, 6.45) is 1.39. The van der Waals surface area contributed by atoms with Crippen molar-refractivity contribution in [2.24, 2.45) is 5.92 Å². The molecule has 0 bridgehead atoms. The Hall–Kier alpha value is -1.36. The first-order chi connectivity index (χ1) is 10.2. The normalized spacial score (nSPS) is 28.2. The third kappa shape index (κ3) is 2.56. The predicted molar refractivity (Wildman–Crippen MR) is 86.0 cm³/mol. The molecular weight excluding hydrogens is 298 g/mol. The summed E-state index contributed by atoms with van der Waals surface area (Å²) < 4.78 is 18.6. The van der Waals surface area contributed by atoms with Gasteiger partial charge in [0, 0.05) is 11.4 Å². The van der Waals surface area contributed by atoms with Crippen molar-refractivity contribution in [1.82, 2.24) is 4.90 Å². The zero-order valence-electron chi connectivity index (χ0n) is 13.6. The Bertz CT molecular complexity index is 620. The van der Waals surface area contributed by atoms with E-state index in [4.69, 9.17) is 4.74 Å².